The second-order valence-corrected chi connectivity index (χ2v) is 5.51. The van der Waals surface area contributed by atoms with Gasteiger partial charge in [-0.3, -0.25) is 0 Å². The molecule has 1 amide bonds. The van der Waals surface area contributed by atoms with E-state index in [1.54, 1.807) is 12.0 Å². The Balaban J connectivity index is 2.61. The minimum absolute atomic E-state index is 0.300. The van der Waals surface area contributed by atoms with Gasteiger partial charge >= 0.3 is 6.09 Å². The third-order valence-electron chi connectivity index (χ3n) is 2.73. The number of terminal acetylenes is 1. The van der Waals surface area contributed by atoms with E-state index in [4.69, 9.17) is 15.9 Å². The summed E-state index contributed by atoms with van der Waals surface area (Å²) < 4.78 is 10.4. The van der Waals surface area contributed by atoms with Crippen LogP contribution in [0.25, 0.3) is 0 Å². The van der Waals surface area contributed by atoms with Crippen molar-refractivity contribution in [2.75, 3.05) is 26.8 Å². The second-order valence-electron chi connectivity index (χ2n) is 5.51. The maximum Gasteiger partial charge on any atom is 0.410 e. The lowest BCUT2D eigenvalue weighted by Gasteiger charge is -2.26. The molecule has 0 spiro atoms. The fourth-order valence-corrected chi connectivity index (χ4v) is 1.91. The Kier molecular flexibility index (Phi) is 4.05. The normalized spacial score (nSPS) is 24.5. The molecule has 1 atom stereocenters. The van der Waals surface area contributed by atoms with E-state index in [9.17, 15) is 4.79 Å². The number of methoxy groups -OCH3 is 1. The molecule has 0 aromatic carbocycles. The molecule has 0 aliphatic carbocycles. The zero-order valence-corrected chi connectivity index (χ0v) is 11.1. The highest BCUT2D eigenvalue weighted by molar-refractivity contribution is 5.68. The van der Waals surface area contributed by atoms with Gasteiger partial charge < -0.3 is 14.4 Å². The highest BCUT2D eigenvalue weighted by Gasteiger charge is 2.40. The van der Waals surface area contributed by atoms with Crippen molar-refractivity contribution in [3.05, 3.63) is 0 Å². The van der Waals surface area contributed by atoms with Gasteiger partial charge in [0.15, 0.2) is 0 Å². The number of ether oxygens (including phenoxy) is 2. The molecular formula is C13H21NO3. The molecule has 1 unspecified atom stereocenters. The Labute approximate surface area is 103 Å². The lowest BCUT2D eigenvalue weighted by atomic mass is 9.89. The average molecular weight is 239 g/mol. The van der Waals surface area contributed by atoms with Crippen LogP contribution in [0.5, 0.6) is 0 Å². The van der Waals surface area contributed by atoms with Gasteiger partial charge in [0, 0.05) is 20.2 Å². The smallest absolute Gasteiger partial charge is 0.410 e. The summed E-state index contributed by atoms with van der Waals surface area (Å²) in [7, 11) is 1.62. The predicted octanol–water partition coefficient (Wildman–Crippen LogP) is 1.89. The lowest BCUT2D eigenvalue weighted by Crippen LogP contribution is -2.37. The van der Waals surface area contributed by atoms with Crippen molar-refractivity contribution < 1.29 is 14.3 Å². The quantitative estimate of drug-likeness (QED) is 0.691. The molecule has 0 aromatic heterocycles. The van der Waals surface area contributed by atoms with Gasteiger partial charge in [0.25, 0.3) is 0 Å². The molecule has 1 heterocycles. The van der Waals surface area contributed by atoms with Gasteiger partial charge in [0.1, 0.15) is 5.60 Å². The lowest BCUT2D eigenvalue weighted by molar-refractivity contribution is 0.0265. The van der Waals surface area contributed by atoms with E-state index >= 15 is 0 Å². The van der Waals surface area contributed by atoms with Gasteiger partial charge in [-0.2, -0.15) is 0 Å². The first-order valence-corrected chi connectivity index (χ1v) is 5.76. The zero-order chi connectivity index (χ0) is 13.1. The summed E-state index contributed by atoms with van der Waals surface area (Å²) in [5.74, 6) is 2.75. The molecule has 96 valence electrons. The summed E-state index contributed by atoms with van der Waals surface area (Å²) in [6, 6.07) is 0. The van der Waals surface area contributed by atoms with Gasteiger partial charge in [-0.05, 0) is 27.2 Å². The molecule has 1 fully saturated rings. The van der Waals surface area contributed by atoms with Crippen molar-refractivity contribution in [1.29, 1.82) is 0 Å². The molecule has 1 rings (SSSR count). The van der Waals surface area contributed by atoms with Crippen LogP contribution in [-0.4, -0.2) is 43.4 Å². The average Bonchev–Trinajstić information content (AvgIpc) is 2.61. The van der Waals surface area contributed by atoms with Crippen LogP contribution in [0.3, 0.4) is 0 Å². The minimum atomic E-state index is -0.472. The van der Waals surface area contributed by atoms with Crippen LogP contribution in [0.4, 0.5) is 4.79 Å². The maximum atomic E-state index is 11.9. The van der Waals surface area contributed by atoms with Gasteiger partial charge in [0.2, 0.25) is 0 Å². The van der Waals surface area contributed by atoms with E-state index in [2.05, 4.69) is 5.92 Å². The molecule has 0 aromatic rings. The molecule has 1 saturated heterocycles. The van der Waals surface area contributed by atoms with Crippen LogP contribution in [0.1, 0.15) is 27.2 Å². The molecule has 0 bridgehead atoms. The number of rotatable bonds is 2. The van der Waals surface area contributed by atoms with Gasteiger partial charge in [-0.25, -0.2) is 4.79 Å². The second kappa shape index (κ2) is 4.97. The number of hydrogen-bond acceptors (Lipinski definition) is 3. The fraction of sp³-hybridized carbons (Fsp3) is 0.769. The summed E-state index contributed by atoms with van der Waals surface area (Å²) in [6.07, 6.45) is 6.00. The summed E-state index contributed by atoms with van der Waals surface area (Å²) in [4.78, 5) is 13.5. The number of nitrogens with zero attached hydrogens (tertiary/aromatic N) is 1. The molecule has 0 N–H and O–H groups in total. The van der Waals surface area contributed by atoms with Crippen LogP contribution in [0.15, 0.2) is 0 Å². The fourth-order valence-electron chi connectivity index (χ4n) is 1.91. The summed E-state index contributed by atoms with van der Waals surface area (Å²) >= 11 is 0. The highest BCUT2D eigenvalue weighted by atomic mass is 16.6. The van der Waals surface area contributed by atoms with E-state index in [1.165, 1.54) is 0 Å². The van der Waals surface area contributed by atoms with E-state index < -0.39 is 5.60 Å². The number of likely N-dealkylation sites (tertiary alicyclic amines) is 1. The van der Waals surface area contributed by atoms with Crippen molar-refractivity contribution in [2.24, 2.45) is 5.41 Å². The molecule has 4 nitrogen and oxygen atoms in total. The van der Waals surface area contributed by atoms with Crippen LogP contribution in [-0.2, 0) is 9.47 Å². The van der Waals surface area contributed by atoms with E-state index in [0.29, 0.717) is 19.7 Å². The third-order valence-corrected chi connectivity index (χ3v) is 2.73. The largest absolute Gasteiger partial charge is 0.444 e. The van der Waals surface area contributed by atoms with Crippen molar-refractivity contribution >= 4 is 6.09 Å². The molecule has 4 heteroatoms. The van der Waals surface area contributed by atoms with Gasteiger partial charge in [0.05, 0.1) is 12.0 Å². The van der Waals surface area contributed by atoms with E-state index in [-0.39, 0.29) is 11.5 Å². The Morgan fingerprint density at radius 1 is 1.53 bits per heavy atom. The molecule has 0 saturated carbocycles. The van der Waals surface area contributed by atoms with Crippen LogP contribution < -0.4 is 0 Å². The predicted molar refractivity (Wildman–Crippen MR) is 65.6 cm³/mol. The van der Waals surface area contributed by atoms with E-state index in [1.807, 2.05) is 20.8 Å². The zero-order valence-electron chi connectivity index (χ0n) is 11.1. The Morgan fingerprint density at radius 2 is 2.18 bits per heavy atom. The summed E-state index contributed by atoms with van der Waals surface area (Å²) in [6.45, 7) is 7.16. The van der Waals surface area contributed by atoms with Crippen molar-refractivity contribution in [3.63, 3.8) is 0 Å². The monoisotopic (exact) mass is 239 g/mol. The summed E-state index contributed by atoms with van der Waals surface area (Å²) in [5, 5.41) is 0. The first-order valence-electron chi connectivity index (χ1n) is 5.76. The first-order chi connectivity index (χ1) is 7.82. The molecule has 1 aliphatic rings. The Morgan fingerprint density at radius 3 is 2.65 bits per heavy atom. The number of carbonyl (C=O) groups excluding carboxylic acids is 1. The van der Waals surface area contributed by atoms with Crippen LogP contribution in [0, 0.1) is 17.8 Å². The highest BCUT2D eigenvalue weighted by Crippen LogP contribution is 2.30. The molecule has 0 radical (unpaired) electrons. The first kappa shape index (κ1) is 13.9. The number of carbonyl (C=O) groups is 1. The SMILES string of the molecule is C#CC1(COC)CCN(C(=O)OC(C)(C)C)C1. The topological polar surface area (TPSA) is 38.8 Å². The van der Waals surface area contributed by atoms with Gasteiger partial charge in [-0.1, -0.05) is 5.92 Å². The minimum Gasteiger partial charge on any atom is -0.444 e. The van der Waals surface area contributed by atoms with E-state index in [0.717, 1.165) is 6.42 Å². The molecule has 17 heavy (non-hydrogen) atoms. The Hall–Kier alpha value is -1.21. The van der Waals surface area contributed by atoms with Crippen LogP contribution >= 0.6 is 0 Å². The van der Waals surface area contributed by atoms with Gasteiger partial charge in [-0.15, -0.1) is 6.42 Å². The van der Waals surface area contributed by atoms with Crippen LogP contribution in [0.2, 0.25) is 0 Å². The summed E-state index contributed by atoms with van der Waals surface area (Å²) in [5.41, 5.74) is -0.828. The third kappa shape index (κ3) is 3.64. The van der Waals surface area contributed by atoms with Crippen molar-refractivity contribution in [1.82, 2.24) is 4.90 Å². The molecule has 1 aliphatic heterocycles. The molecular weight excluding hydrogens is 218 g/mol. The number of amides is 1. The number of hydrogen-bond donors (Lipinski definition) is 0. The van der Waals surface area contributed by atoms with Crippen molar-refractivity contribution in [3.8, 4) is 12.3 Å². The Bertz CT molecular complexity index is 327. The maximum absolute atomic E-state index is 11.9. The standard InChI is InChI=1S/C13H21NO3/c1-6-13(10-16-5)7-8-14(9-13)11(15)17-12(2,3)4/h1H,7-10H2,2-5H3. The van der Waals surface area contributed by atoms with Crippen molar-refractivity contribution in [2.45, 2.75) is 32.8 Å².